The molecule has 1 aliphatic carbocycles. The van der Waals surface area contributed by atoms with Crippen LogP contribution in [-0.2, 0) is 4.74 Å². The highest BCUT2D eigenvalue weighted by Crippen LogP contribution is 2.35. The fourth-order valence-electron chi connectivity index (χ4n) is 2.66. The Kier molecular flexibility index (Phi) is 5.29. The largest absolute Gasteiger partial charge is 0.446 e. The number of hydrogen-bond acceptors (Lipinski definition) is 2. The molecule has 1 fully saturated rings. The highest BCUT2D eigenvalue weighted by atomic mass is 16.6. The lowest BCUT2D eigenvalue weighted by Crippen LogP contribution is -2.40. The van der Waals surface area contributed by atoms with E-state index in [1.807, 2.05) is 13.8 Å². The molecule has 3 atom stereocenters. The van der Waals surface area contributed by atoms with Gasteiger partial charge in [0.2, 0.25) is 0 Å². The molecule has 0 radical (unpaired) electrons. The molecule has 0 bridgehead atoms. The predicted octanol–water partition coefficient (Wildman–Crippen LogP) is 3.58. The number of hydrogen-bond donors (Lipinski definition) is 1. The van der Waals surface area contributed by atoms with E-state index in [1.165, 1.54) is 12.8 Å². The zero-order chi connectivity index (χ0) is 13.0. The maximum atomic E-state index is 11.7. The molecule has 0 aromatic rings. The van der Waals surface area contributed by atoms with Gasteiger partial charge in [-0.2, -0.15) is 0 Å². The van der Waals surface area contributed by atoms with Crippen molar-refractivity contribution in [3.63, 3.8) is 0 Å². The molecule has 1 amide bonds. The highest BCUT2D eigenvalue weighted by molar-refractivity contribution is 5.67. The summed E-state index contributed by atoms with van der Waals surface area (Å²) in [5.74, 6) is 1.77. The molecule has 0 spiro atoms. The first-order valence-corrected chi connectivity index (χ1v) is 6.87. The van der Waals surface area contributed by atoms with Gasteiger partial charge in [0.1, 0.15) is 6.10 Å². The topological polar surface area (TPSA) is 38.3 Å². The summed E-state index contributed by atoms with van der Waals surface area (Å²) in [5, 5.41) is 2.80. The Bertz CT molecular complexity index is 251. The average molecular weight is 241 g/mol. The van der Waals surface area contributed by atoms with Crippen molar-refractivity contribution in [3.8, 4) is 0 Å². The molecule has 1 aliphatic rings. The molecule has 0 aromatic carbocycles. The van der Waals surface area contributed by atoms with Crippen molar-refractivity contribution in [2.75, 3.05) is 0 Å². The van der Waals surface area contributed by atoms with Crippen LogP contribution < -0.4 is 5.32 Å². The Balaban J connectivity index is 2.54. The number of rotatable bonds is 3. The van der Waals surface area contributed by atoms with Gasteiger partial charge in [-0.25, -0.2) is 4.79 Å². The number of nitrogens with one attached hydrogen (secondary N) is 1. The second-order valence-corrected chi connectivity index (χ2v) is 6.07. The van der Waals surface area contributed by atoms with E-state index in [1.54, 1.807) is 0 Å². The van der Waals surface area contributed by atoms with Crippen molar-refractivity contribution < 1.29 is 9.53 Å². The van der Waals surface area contributed by atoms with Gasteiger partial charge in [-0.1, -0.05) is 27.2 Å². The lowest BCUT2D eigenvalue weighted by Gasteiger charge is -2.36. The summed E-state index contributed by atoms with van der Waals surface area (Å²) >= 11 is 0. The van der Waals surface area contributed by atoms with Gasteiger partial charge in [0.25, 0.3) is 0 Å². The van der Waals surface area contributed by atoms with E-state index in [-0.39, 0.29) is 18.2 Å². The van der Waals surface area contributed by atoms with Gasteiger partial charge in [0.15, 0.2) is 0 Å². The van der Waals surface area contributed by atoms with Crippen LogP contribution in [0.5, 0.6) is 0 Å². The summed E-state index contributed by atoms with van der Waals surface area (Å²) in [5.41, 5.74) is 0. The first-order chi connectivity index (χ1) is 7.90. The van der Waals surface area contributed by atoms with Crippen LogP contribution in [0.15, 0.2) is 0 Å². The third-order valence-corrected chi connectivity index (χ3v) is 3.63. The number of carbonyl (C=O) groups is 1. The fourth-order valence-corrected chi connectivity index (χ4v) is 2.66. The van der Waals surface area contributed by atoms with E-state index in [2.05, 4.69) is 26.1 Å². The predicted molar refractivity (Wildman–Crippen MR) is 69.9 cm³/mol. The Hall–Kier alpha value is -0.730. The summed E-state index contributed by atoms with van der Waals surface area (Å²) in [6.07, 6.45) is 3.28. The van der Waals surface area contributed by atoms with E-state index in [9.17, 15) is 4.79 Å². The average Bonchev–Trinajstić information content (AvgIpc) is 2.15. The van der Waals surface area contributed by atoms with E-state index in [0.717, 1.165) is 6.42 Å². The van der Waals surface area contributed by atoms with Gasteiger partial charge in [-0.05, 0) is 44.4 Å². The van der Waals surface area contributed by atoms with Gasteiger partial charge in [0, 0.05) is 6.04 Å². The van der Waals surface area contributed by atoms with E-state index in [4.69, 9.17) is 4.74 Å². The Morgan fingerprint density at radius 2 is 1.88 bits per heavy atom. The van der Waals surface area contributed by atoms with Crippen LogP contribution in [0.1, 0.15) is 53.9 Å². The second kappa shape index (κ2) is 6.27. The number of ether oxygens (including phenoxy) is 1. The van der Waals surface area contributed by atoms with Crippen molar-refractivity contribution in [2.24, 2.45) is 17.8 Å². The van der Waals surface area contributed by atoms with Crippen molar-refractivity contribution in [1.29, 1.82) is 0 Å². The summed E-state index contributed by atoms with van der Waals surface area (Å²) in [6, 6.07) is 0.140. The van der Waals surface area contributed by atoms with Gasteiger partial charge < -0.3 is 10.1 Å². The highest BCUT2D eigenvalue weighted by Gasteiger charge is 2.33. The van der Waals surface area contributed by atoms with Crippen molar-refractivity contribution in [2.45, 2.75) is 66.0 Å². The SMILES string of the molecule is CC1CCC(C(C)C)C(OC(=O)NC(C)C)C1. The Morgan fingerprint density at radius 1 is 1.24 bits per heavy atom. The second-order valence-electron chi connectivity index (χ2n) is 6.07. The van der Waals surface area contributed by atoms with Gasteiger partial charge in [-0.15, -0.1) is 0 Å². The third kappa shape index (κ3) is 4.57. The van der Waals surface area contributed by atoms with E-state index in [0.29, 0.717) is 17.8 Å². The van der Waals surface area contributed by atoms with Crippen LogP contribution in [0.25, 0.3) is 0 Å². The first-order valence-electron chi connectivity index (χ1n) is 6.87. The smallest absolute Gasteiger partial charge is 0.407 e. The van der Waals surface area contributed by atoms with Crippen molar-refractivity contribution >= 4 is 6.09 Å². The maximum absolute atomic E-state index is 11.7. The van der Waals surface area contributed by atoms with Crippen LogP contribution in [0.3, 0.4) is 0 Å². The van der Waals surface area contributed by atoms with Gasteiger partial charge in [0.05, 0.1) is 0 Å². The van der Waals surface area contributed by atoms with Crippen molar-refractivity contribution in [3.05, 3.63) is 0 Å². The molecule has 1 N–H and O–H groups in total. The van der Waals surface area contributed by atoms with Crippen LogP contribution in [0.2, 0.25) is 0 Å². The van der Waals surface area contributed by atoms with Crippen LogP contribution in [-0.4, -0.2) is 18.2 Å². The van der Waals surface area contributed by atoms with Crippen LogP contribution >= 0.6 is 0 Å². The zero-order valence-corrected chi connectivity index (χ0v) is 11.8. The molecule has 0 aromatic heterocycles. The molecular weight excluding hydrogens is 214 g/mol. The monoisotopic (exact) mass is 241 g/mol. The fraction of sp³-hybridized carbons (Fsp3) is 0.929. The summed E-state index contributed by atoms with van der Waals surface area (Å²) in [6.45, 7) is 10.6. The number of alkyl carbamates (subject to hydrolysis) is 1. The van der Waals surface area contributed by atoms with E-state index >= 15 is 0 Å². The quantitative estimate of drug-likeness (QED) is 0.820. The van der Waals surface area contributed by atoms with Crippen LogP contribution in [0, 0.1) is 17.8 Å². The standard InChI is InChI=1S/C14H27NO2/c1-9(2)12-7-6-11(5)8-13(12)17-14(16)15-10(3)4/h9-13H,6-8H2,1-5H3,(H,15,16). The molecule has 3 heteroatoms. The lowest BCUT2D eigenvalue weighted by atomic mass is 9.75. The molecule has 3 nitrogen and oxygen atoms in total. The van der Waals surface area contributed by atoms with Gasteiger partial charge >= 0.3 is 6.09 Å². The zero-order valence-electron chi connectivity index (χ0n) is 11.8. The van der Waals surface area contributed by atoms with Crippen molar-refractivity contribution in [1.82, 2.24) is 5.32 Å². The third-order valence-electron chi connectivity index (χ3n) is 3.63. The minimum Gasteiger partial charge on any atom is -0.446 e. The first kappa shape index (κ1) is 14.3. The lowest BCUT2D eigenvalue weighted by molar-refractivity contribution is 0.00543. The number of amides is 1. The normalized spacial score (nSPS) is 29.5. The Morgan fingerprint density at radius 3 is 2.41 bits per heavy atom. The molecule has 100 valence electrons. The molecule has 1 saturated carbocycles. The molecule has 0 saturated heterocycles. The van der Waals surface area contributed by atoms with Gasteiger partial charge in [-0.3, -0.25) is 0 Å². The summed E-state index contributed by atoms with van der Waals surface area (Å²) < 4.78 is 5.60. The minimum atomic E-state index is -0.259. The number of carbonyl (C=O) groups excluding carboxylic acids is 1. The molecule has 3 unspecified atom stereocenters. The van der Waals surface area contributed by atoms with Crippen LogP contribution in [0.4, 0.5) is 4.79 Å². The minimum absolute atomic E-state index is 0.0949. The summed E-state index contributed by atoms with van der Waals surface area (Å²) in [7, 11) is 0. The maximum Gasteiger partial charge on any atom is 0.407 e. The molecule has 0 heterocycles. The Labute approximate surface area is 105 Å². The molecule has 1 rings (SSSR count). The molecule has 0 aliphatic heterocycles. The van der Waals surface area contributed by atoms with E-state index < -0.39 is 0 Å². The molecular formula is C14H27NO2. The summed E-state index contributed by atoms with van der Waals surface area (Å²) in [4.78, 5) is 11.7. The molecule has 17 heavy (non-hydrogen) atoms.